The summed E-state index contributed by atoms with van der Waals surface area (Å²) in [5.74, 6) is -2.09. The smallest absolute Gasteiger partial charge is 0.257 e. The first kappa shape index (κ1) is 28.0. The molecule has 2 aliphatic rings. The molecule has 0 bridgehead atoms. The van der Waals surface area contributed by atoms with E-state index < -0.39 is 35.2 Å². The van der Waals surface area contributed by atoms with Crippen molar-refractivity contribution in [2.45, 2.75) is 57.7 Å². The molecule has 0 spiro atoms. The predicted molar refractivity (Wildman–Crippen MR) is 140 cm³/mol. The molecule has 2 aromatic carbocycles. The number of benzene rings is 2. The topological polar surface area (TPSA) is 75.9 Å². The third kappa shape index (κ3) is 6.87. The van der Waals surface area contributed by atoms with Crippen LogP contribution in [0.5, 0.6) is 5.75 Å². The summed E-state index contributed by atoms with van der Waals surface area (Å²) in [5, 5.41) is 0. The van der Waals surface area contributed by atoms with E-state index in [1.165, 1.54) is 29.2 Å². The van der Waals surface area contributed by atoms with Crippen LogP contribution in [-0.4, -0.2) is 66.1 Å². The summed E-state index contributed by atoms with van der Waals surface area (Å²) in [5.41, 5.74) is 4.92. The molecule has 2 aromatic rings. The first-order valence-electron chi connectivity index (χ1n) is 13.3. The predicted octanol–water partition coefficient (Wildman–Crippen LogP) is 4.95. The zero-order chi connectivity index (χ0) is 27.4. The van der Waals surface area contributed by atoms with Crippen LogP contribution < -0.4 is 10.5 Å². The van der Waals surface area contributed by atoms with Crippen molar-refractivity contribution in [3.63, 3.8) is 0 Å². The Morgan fingerprint density at radius 1 is 0.974 bits per heavy atom. The molecule has 0 radical (unpaired) electrons. The lowest BCUT2D eigenvalue weighted by Gasteiger charge is -2.34. The van der Waals surface area contributed by atoms with Crippen molar-refractivity contribution in [3.05, 3.63) is 53.6 Å². The van der Waals surface area contributed by atoms with Crippen molar-refractivity contribution in [2.24, 2.45) is 11.7 Å². The second-order valence-electron chi connectivity index (χ2n) is 11.0. The molecule has 1 atom stereocenters. The second-order valence-corrected chi connectivity index (χ2v) is 11.0. The molecule has 2 heterocycles. The van der Waals surface area contributed by atoms with Crippen LogP contribution in [-0.2, 0) is 4.79 Å². The average Bonchev–Trinajstić information content (AvgIpc) is 2.87. The molecule has 38 heavy (non-hydrogen) atoms. The fraction of sp³-hybridized carbons (Fsp3) is 0.517. The van der Waals surface area contributed by atoms with Gasteiger partial charge in [-0.25, -0.2) is 13.2 Å². The van der Waals surface area contributed by atoms with Gasteiger partial charge in [0, 0.05) is 13.1 Å². The number of hydrogen-bond acceptors (Lipinski definition) is 4. The number of ether oxygens (including phenoxy) is 1. The molecule has 2 N–H and O–H groups in total. The number of amides is 2. The van der Waals surface area contributed by atoms with Crippen molar-refractivity contribution in [1.29, 1.82) is 0 Å². The molecule has 6 nitrogen and oxygen atoms in total. The van der Waals surface area contributed by atoms with Gasteiger partial charge in [-0.15, -0.1) is 0 Å². The third-order valence-corrected chi connectivity index (χ3v) is 7.34. The molecular formula is C29H36F3N3O3. The van der Waals surface area contributed by atoms with E-state index in [1.807, 2.05) is 0 Å². The lowest BCUT2D eigenvalue weighted by molar-refractivity contribution is -0.123. The number of nitrogens with two attached hydrogens (primary N) is 1. The van der Waals surface area contributed by atoms with E-state index in [-0.39, 0.29) is 17.2 Å². The van der Waals surface area contributed by atoms with Crippen LogP contribution in [0.25, 0.3) is 11.1 Å². The largest absolute Gasteiger partial charge is 0.490 e. The fourth-order valence-corrected chi connectivity index (χ4v) is 5.34. The molecule has 2 amide bonds. The SMILES string of the molecule is CC(C)(F)CN1CCC(COc2ccc(-c3ccc(C(=O)N4CCCC[C@H]4C(N)=O)c(F)c3)cc2F)CC1. The lowest BCUT2D eigenvalue weighted by Crippen LogP contribution is -2.50. The van der Waals surface area contributed by atoms with Crippen LogP contribution in [0.4, 0.5) is 13.2 Å². The molecular weight excluding hydrogens is 495 g/mol. The summed E-state index contributed by atoms with van der Waals surface area (Å²) in [6.45, 7) is 5.84. The number of likely N-dealkylation sites (tertiary alicyclic amines) is 2. The molecule has 0 aromatic heterocycles. The van der Waals surface area contributed by atoms with Crippen molar-refractivity contribution in [2.75, 3.05) is 32.8 Å². The van der Waals surface area contributed by atoms with Gasteiger partial charge < -0.3 is 20.3 Å². The number of hydrogen-bond donors (Lipinski definition) is 1. The second kappa shape index (κ2) is 11.8. The Hall–Kier alpha value is -3.07. The van der Waals surface area contributed by atoms with E-state index >= 15 is 0 Å². The highest BCUT2D eigenvalue weighted by Gasteiger charge is 2.32. The number of primary amides is 1. The van der Waals surface area contributed by atoms with Gasteiger partial charge in [-0.1, -0.05) is 12.1 Å². The minimum Gasteiger partial charge on any atom is -0.490 e. The van der Waals surface area contributed by atoms with Crippen LogP contribution in [0.2, 0.25) is 0 Å². The zero-order valence-corrected chi connectivity index (χ0v) is 22.0. The fourth-order valence-electron chi connectivity index (χ4n) is 5.34. The van der Waals surface area contributed by atoms with Gasteiger partial charge in [-0.3, -0.25) is 9.59 Å². The van der Waals surface area contributed by atoms with E-state index in [0.29, 0.717) is 37.2 Å². The molecule has 0 unspecified atom stereocenters. The summed E-state index contributed by atoms with van der Waals surface area (Å²) in [6.07, 6.45) is 3.68. The van der Waals surface area contributed by atoms with E-state index in [2.05, 4.69) is 4.90 Å². The van der Waals surface area contributed by atoms with Crippen molar-refractivity contribution in [3.8, 4) is 16.9 Å². The minimum absolute atomic E-state index is 0.121. The number of carbonyl (C=O) groups is 2. The van der Waals surface area contributed by atoms with Crippen molar-refractivity contribution >= 4 is 11.8 Å². The number of piperidine rings is 2. The van der Waals surface area contributed by atoms with Crippen LogP contribution in [0.1, 0.15) is 56.3 Å². The summed E-state index contributed by atoms with van der Waals surface area (Å²) in [6, 6.07) is 7.82. The van der Waals surface area contributed by atoms with Gasteiger partial charge in [0.15, 0.2) is 11.6 Å². The molecule has 4 rings (SSSR count). The van der Waals surface area contributed by atoms with Gasteiger partial charge in [0.25, 0.3) is 5.91 Å². The number of alkyl halides is 1. The highest BCUT2D eigenvalue weighted by Crippen LogP contribution is 2.29. The summed E-state index contributed by atoms with van der Waals surface area (Å²) in [4.78, 5) is 28.1. The van der Waals surface area contributed by atoms with Crippen molar-refractivity contribution < 1.29 is 27.5 Å². The maximum Gasteiger partial charge on any atom is 0.257 e. The van der Waals surface area contributed by atoms with Crippen molar-refractivity contribution in [1.82, 2.24) is 9.80 Å². The molecule has 0 saturated carbocycles. The summed E-state index contributed by atoms with van der Waals surface area (Å²) >= 11 is 0. The monoisotopic (exact) mass is 531 g/mol. The van der Waals surface area contributed by atoms with Crippen LogP contribution >= 0.6 is 0 Å². The number of rotatable bonds is 8. The highest BCUT2D eigenvalue weighted by molar-refractivity contribution is 5.98. The van der Waals surface area contributed by atoms with E-state index in [4.69, 9.17) is 10.5 Å². The Kier molecular flexibility index (Phi) is 8.65. The van der Waals surface area contributed by atoms with Crippen LogP contribution in [0, 0.1) is 17.6 Å². The van der Waals surface area contributed by atoms with E-state index in [0.717, 1.165) is 38.8 Å². The Morgan fingerprint density at radius 2 is 1.63 bits per heavy atom. The molecule has 2 saturated heterocycles. The van der Waals surface area contributed by atoms with Gasteiger partial charge >= 0.3 is 0 Å². The Bertz CT molecular complexity index is 1160. The molecule has 2 aliphatic heterocycles. The molecule has 2 fully saturated rings. The number of carbonyl (C=O) groups excluding carboxylic acids is 2. The maximum atomic E-state index is 15.0. The van der Waals surface area contributed by atoms with E-state index in [1.54, 1.807) is 26.0 Å². The lowest BCUT2D eigenvalue weighted by atomic mass is 9.96. The van der Waals surface area contributed by atoms with Gasteiger partial charge in [-0.2, -0.15) is 0 Å². The van der Waals surface area contributed by atoms with Crippen LogP contribution in [0.3, 0.4) is 0 Å². The molecule has 9 heteroatoms. The molecule has 206 valence electrons. The number of nitrogens with zero attached hydrogens (tertiary/aromatic N) is 2. The normalized spacial score (nSPS) is 19.4. The Morgan fingerprint density at radius 3 is 2.24 bits per heavy atom. The van der Waals surface area contributed by atoms with E-state index in [9.17, 15) is 22.8 Å². The maximum absolute atomic E-state index is 15.0. The summed E-state index contributed by atoms with van der Waals surface area (Å²) < 4.78 is 49.4. The first-order valence-corrected chi connectivity index (χ1v) is 13.3. The van der Waals surface area contributed by atoms with Gasteiger partial charge in [-0.05, 0) is 100 Å². The average molecular weight is 532 g/mol. The Labute approximate surface area is 221 Å². The highest BCUT2D eigenvalue weighted by atomic mass is 19.1. The summed E-state index contributed by atoms with van der Waals surface area (Å²) in [7, 11) is 0. The number of halogens is 3. The Balaban J connectivity index is 1.37. The van der Waals surface area contributed by atoms with Gasteiger partial charge in [0.2, 0.25) is 5.91 Å². The van der Waals surface area contributed by atoms with Gasteiger partial charge in [0.05, 0.1) is 12.2 Å². The quantitative estimate of drug-likeness (QED) is 0.523. The molecule has 0 aliphatic carbocycles. The third-order valence-electron chi connectivity index (χ3n) is 7.34. The minimum atomic E-state index is -1.23. The first-order chi connectivity index (χ1) is 18.0. The van der Waals surface area contributed by atoms with Gasteiger partial charge in [0.1, 0.15) is 17.5 Å². The standard InChI is InChI=1S/C29H36F3N3O3/c1-29(2,32)18-34-13-10-19(11-14-34)17-38-26-9-7-21(16-24(26)31)20-6-8-22(23(30)15-20)28(37)35-12-4-3-5-25(35)27(33)36/h6-9,15-16,19,25H,3-5,10-14,17-18H2,1-2H3,(H2,33,36)/t25-/m0/s1. The zero-order valence-electron chi connectivity index (χ0n) is 22.0. The van der Waals surface area contributed by atoms with Crippen LogP contribution in [0.15, 0.2) is 36.4 Å².